The zero-order valence-corrected chi connectivity index (χ0v) is 22.8. The number of nitrogens with one attached hydrogen (secondary N) is 2. The number of Topliss-reactive ketones (excluding diaryl/α,β-unsaturated/α-hetero) is 1. The second kappa shape index (κ2) is 13.3. The van der Waals surface area contributed by atoms with Gasteiger partial charge in [0.15, 0.2) is 23.2 Å². The van der Waals surface area contributed by atoms with Gasteiger partial charge in [0.2, 0.25) is 17.5 Å². The van der Waals surface area contributed by atoms with Crippen molar-refractivity contribution in [3.8, 4) is 5.75 Å². The summed E-state index contributed by atoms with van der Waals surface area (Å²) in [7, 11) is 0. The van der Waals surface area contributed by atoms with Crippen molar-refractivity contribution in [3.63, 3.8) is 0 Å². The van der Waals surface area contributed by atoms with E-state index in [1.165, 1.54) is 0 Å². The molecule has 1 aromatic carbocycles. The fourth-order valence-electron chi connectivity index (χ4n) is 4.69. The van der Waals surface area contributed by atoms with Gasteiger partial charge in [-0.05, 0) is 46.5 Å². The van der Waals surface area contributed by atoms with Gasteiger partial charge in [0, 0.05) is 31.1 Å². The van der Waals surface area contributed by atoms with E-state index in [9.17, 15) is 36.7 Å². The predicted molar refractivity (Wildman–Crippen MR) is 134 cm³/mol. The number of halogens is 4. The van der Waals surface area contributed by atoms with E-state index in [0.717, 1.165) is 25.7 Å². The third-order valence-electron chi connectivity index (χ3n) is 6.76. The molecule has 9 nitrogen and oxygen atoms in total. The Morgan fingerprint density at radius 2 is 1.55 bits per heavy atom. The Balaban J connectivity index is 1.62. The van der Waals surface area contributed by atoms with Gasteiger partial charge in [0.25, 0.3) is 0 Å². The minimum Gasteiger partial charge on any atom is -0.479 e. The van der Waals surface area contributed by atoms with Crippen LogP contribution in [0.1, 0.15) is 65.7 Å². The molecule has 13 heteroatoms. The van der Waals surface area contributed by atoms with Gasteiger partial charge in [-0.25, -0.2) is 13.6 Å². The Kier molecular flexibility index (Phi) is 10.4. The number of urea groups is 1. The molecule has 0 aromatic heterocycles. The Labute approximate surface area is 229 Å². The van der Waals surface area contributed by atoms with Crippen molar-refractivity contribution in [2.75, 3.05) is 19.7 Å². The van der Waals surface area contributed by atoms with Gasteiger partial charge in [-0.1, -0.05) is 12.8 Å². The maximum absolute atomic E-state index is 14.0. The van der Waals surface area contributed by atoms with Gasteiger partial charge >= 0.3 is 12.0 Å². The number of ether oxygens (including phenoxy) is 2. The van der Waals surface area contributed by atoms with Crippen LogP contribution in [0.4, 0.5) is 22.4 Å². The molecule has 1 aromatic rings. The molecule has 2 N–H and O–H groups in total. The number of hydrogen-bond donors (Lipinski definition) is 2. The lowest BCUT2D eigenvalue weighted by Crippen LogP contribution is -2.51. The lowest BCUT2D eigenvalue weighted by atomic mass is 9.95. The van der Waals surface area contributed by atoms with Crippen LogP contribution < -0.4 is 15.4 Å². The Hall–Kier alpha value is -3.38. The molecule has 1 aliphatic heterocycles. The van der Waals surface area contributed by atoms with Gasteiger partial charge < -0.3 is 25.0 Å². The molecule has 3 rings (SSSR count). The summed E-state index contributed by atoms with van der Waals surface area (Å²) in [6.45, 7) is 4.34. The number of benzene rings is 1. The lowest BCUT2D eigenvalue weighted by Gasteiger charge is -2.33. The number of ketones is 1. The quantitative estimate of drug-likeness (QED) is 0.264. The van der Waals surface area contributed by atoms with Gasteiger partial charge in [0.1, 0.15) is 18.2 Å². The Bertz CT molecular complexity index is 1090. The number of piperidine rings is 1. The lowest BCUT2D eigenvalue weighted by molar-refractivity contribution is -0.156. The smallest absolute Gasteiger partial charge is 0.317 e. The van der Waals surface area contributed by atoms with Crippen LogP contribution in [0.3, 0.4) is 0 Å². The topological polar surface area (TPSA) is 114 Å². The molecule has 0 bridgehead atoms. The average molecular weight is 574 g/mol. The molecule has 222 valence electrons. The molecule has 1 saturated carbocycles. The van der Waals surface area contributed by atoms with Crippen molar-refractivity contribution in [2.45, 2.75) is 83.4 Å². The molecule has 3 amide bonds. The highest BCUT2D eigenvalue weighted by Crippen LogP contribution is 2.27. The van der Waals surface area contributed by atoms with E-state index in [-0.39, 0.29) is 18.1 Å². The number of nitrogens with zero attached hydrogens (tertiary/aromatic N) is 1. The number of carbonyl (C=O) groups excluding carboxylic acids is 4. The van der Waals surface area contributed by atoms with Gasteiger partial charge in [-0.2, -0.15) is 8.78 Å². The van der Waals surface area contributed by atoms with E-state index >= 15 is 0 Å². The maximum atomic E-state index is 14.0. The minimum absolute atomic E-state index is 0.00541. The van der Waals surface area contributed by atoms with Crippen LogP contribution in [-0.2, 0) is 19.1 Å². The summed E-state index contributed by atoms with van der Waals surface area (Å²) in [6, 6.07) is -1.54. The van der Waals surface area contributed by atoms with Crippen LogP contribution in [-0.4, -0.2) is 66.0 Å². The van der Waals surface area contributed by atoms with E-state index in [1.54, 1.807) is 25.7 Å². The zero-order chi connectivity index (χ0) is 29.6. The standard InChI is InChI=1S/C27H35F4N3O6/c1-27(2,3)40-21(36)13-19(20(35)14-39-24-22(30)17(28)12-18(29)23(24)31)33-25(37)15-8-10-34(11-9-15)26(38)32-16-6-4-5-7-16/h12,15-16,19H,4-11,13-14H2,1-3H3,(H,32,38)(H,33,37)/t19-/m0/s1. The molecule has 1 atom stereocenters. The van der Waals surface area contributed by atoms with E-state index in [0.29, 0.717) is 25.9 Å². The number of hydrogen-bond acceptors (Lipinski definition) is 6. The van der Waals surface area contributed by atoms with Gasteiger partial charge in [-0.3, -0.25) is 14.4 Å². The summed E-state index contributed by atoms with van der Waals surface area (Å²) in [6.07, 6.45) is 4.04. The first kappa shape index (κ1) is 31.2. The molecule has 0 radical (unpaired) electrons. The Morgan fingerprint density at radius 1 is 0.975 bits per heavy atom. The van der Waals surface area contributed by atoms with E-state index in [2.05, 4.69) is 10.6 Å². The summed E-state index contributed by atoms with van der Waals surface area (Å²) in [5.41, 5.74) is -0.900. The highest BCUT2D eigenvalue weighted by Gasteiger charge is 2.33. The number of likely N-dealkylation sites (tertiary alicyclic amines) is 1. The van der Waals surface area contributed by atoms with Crippen molar-refractivity contribution in [3.05, 3.63) is 29.3 Å². The first-order valence-corrected chi connectivity index (χ1v) is 13.3. The largest absolute Gasteiger partial charge is 0.479 e. The SMILES string of the molecule is CC(C)(C)OC(=O)C[C@H](NC(=O)C1CCN(C(=O)NC2CCCC2)CC1)C(=O)COc1c(F)c(F)cc(F)c1F. The van der Waals surface area contributed by atoms with Crippen molar-refractivity contribution in [2.24, 2.45) is 5.92 Å². The fraction of sp³-hybridized carbons (Fsp3) is 0.630. The number of esters is 1. The number of carbonyl (C=O) groups is 4. The zero-order valence-electron chi connectivity index (χ0n) is 22.8. The summed E-state index contributed by atoms with van der Waals surface area (Å²) < 4.78 is 64.9. The summed E-state index contributed by atoms with van der Waals surface area (Å²) in [5, 5.41) is 5.47. The van der Waals surface area contributed by atoms with E-state index in [1.807, 2.05) is 0 Å². The first-order valence-electron chi connectivity index (χ1n) is 13.3. The predicted octanol–water partition coefficient (Wildman–Crippen LogP) is 3.77. The summed E-state index contributed by atoms with van der Waals surface area (Å²) in [5.74, 6) is -11.5. The molecule has 0 unspecified atom stereocenters. The highest BCUT2D eigenvalue weighted by molar-refractivity contribution is 5.93. The monoisotopic (exact) mass is 573 g/mol. The third kappa shape index (κ3) is 8.56. The van der Waals surface area contributed by atoms with Crippen molar-refractivity contribution < 1.29 is 46.2 Å². The molecule has 1 saturated heterocycles. The number of rotatable bonds is 9. The molecule has 0 spiro atoms. The molecular formula is C27H35F4N3O6. The highest BCUT2D eigenvalue weighted by atomic mass is 19.2. The van der Waals surface area contributed by atoms with Gasteiger partial charge in [0.05, 0.1) is 6.42 Å². The fourth-order valence-corrected chi connectivity index (χ4v) is 4.69. The van der Waals surface area contributed by atoms with Crippen molar-refractivity contribution >= 4 is 23.7 Å². The molecule has 40 heavy (non-hydrogen) atoms. The van der Waals surface area contributed by atoms with Crippen LogP contribution in [0.5, 0.6) is 5.75 Å². The van der Waals surface area contributed by atoms with Crippen LogP contribution in [0.25, 0.3) is 0 Å². The number of amides is 3. The van der Waals surface area contributed by atoms with E-state index < -0.39 is 77.3 Å². The van der Waals surface area contributed by atoms with E-state index in [4.69, 9.17) is 9.47 Å². The normalized spacial score (nSPS) is 17.3. The molecular weight excluding hydrogens is 538 g/mol. The summed E-state index contributed by atoms with van der Waals surface area (Å²) in [4.78, 5) is 52.5. The van der Waals surface area contributed by atoms with Crippen molar-refractivity contribution in [1.82, 2.24) is 15.5 Å². The molecule has 2 aliphatic rings. The Morgan fingerprint density at radius 3 is 2.10 bits per heavy atom. The summed E-state index contributed by atoms with van der Waals surface area (Å²) >= 11 is 0. The first-order chi connectivity index (χ1) is 18.7. The van der Waals surface area contributed by atoms with Crippen molar-refractivity contribution in [1.29, 1.82) is 0 Å². The van der Waals surface area contributed by atoms with Gasteiger partial charge in [-0.15, -0.1) is 0 Å². The maximum Gasteiger partial charge on any atom is 0.317 e. The molecule has 1 aliphatic carbocycles. The third-order valence-corrected chi connectivity index (χ3v) is 6.76. The average Bonchev–Trinajstić information content (AvgIpc) is 3.39. The van der Waals surface area contributed by atoms with Crippen LogP contribution >= 0.6 is 0 Å². The minimum atomic E-state index is -1.83. The van der Waals surface area contributed by atoms with Crippen LogP contribution in [0.2, 0.25) is 0 Å². The second-order valence-corrected chi connectivity index (χ2v) is 11.1. The molecule has 2 fully saturated rings. The molecule has 1 heterocycles. The van der Waals surface area contributed by atoms with Crippen LogP contribution in [0.15, 0.2) is 6.07 Å². The van der Waals surface area contributed by atoms with Crippen LogP contribution in [0, 0.1) is 29.2 Å². The second-order valence-electron chi connectivity index (χ2n) is 11.1.